The summed E-state index contributed by atoms with van der Waals surface area (Å²) >= 11 is 0. The molecule has 0 aliphatic carbocycles. The number of rotatable bonds is 6. The number of ether oxygens (including phenoxy) is 3. The maximum atomic E-state index is 12.8. The second kappa shape index (κ2) is 7.80. The van der Waals surface area contributed by atoms with Gasteiger partial charge in [-0.2, -0.15) is 0 Å². The number of nitrogens with one attached hydrogen (secondary N) is 2. The number of hydrogen-bond acceptors (Lipinski definition) is 5. The summed E-state index contributed by atoms with van der Waals surface area (Å²) in [4.78, 5) is 25.0. The lowest BCUT2D eigenvalue weighted by atomic mass is 9.89. The number of carbonyl (C=O) groups is 2. The lowest BCUT2D eigenvalue weighted by molar-refractivity contribution is -0.117. The Hall–Kier alpha value is -3.22. The van der Waals surface area contributed by atoms with Crippen LogP contribution in [0.1, 0.15) is 35.7 Å². The molecule has 3 rings (SSSR count). The molecule has 2 aromatic rings. The summed E-state index contributed by atoms with van der Waals surface area (Å²) in [5.41, 5.74) is 2.65. The number of anilines is 2. The molecule has 148 valence electrons. The van der Waals surface area contributed by atoms with Crippen LogP contribution in [0.5, 0.6) is 17.2 Å². The summed E-state index contributed by atoms with van der Waals surface area (Å²) in [7, 11) is 4.50. The van der Waals surface area contributed by atoms with E-state index >= 15 is 0 Å². The van der Waals surface area contributed by atoms with Crippen LogP contribution in [-0.2, 0) is 4.79 Å². The minimum absolute atomic E-state index is 0.0156. The molecular weight excluding hydrogens is 360 g/mol. The third-order valence-corrected chi connectivity index (χ3v) is 4.78. The molecule has 0 saturated carbocycles. The van der Waals surface area contributed by atoms with Gasteiger partial charge in [0.2, 0.25) is 11.7 Å². The molecule has 0 fully saturated rings. The maximum absolute atomic E-state index is 12.8. The van der Waals surface area contributed by atoms with Crippen molar-refractivity contribution in [3.63, 3.8) is 0 Å². The lowest BCUT2D eigenvalue weighted by Crippen LogP contribution is -2.17. The van der Waals surface area contributed by atoms with E-state index in [1.54, 1.807) is 24.3 Å². The predicted octanol–water partition coefficient (Wildman–Crippen LogP) is 3.66. The van der Waals surface area contributed by atoms with Crippen LogP contribution in [0.3, 0.4) is 0 Å². The van der Waals surface area contributed by atoms with Gasteiger partial charge in [-0.25, -0.2) is 0 Å². The van der Waals surface area contributed by atoms with Crippen molar-refractivity contribution in [2.45, 2.75) is 19.8 Å². The van der Waals surface area contributed by atoms with Gasteiger partial charge in [0.25, 0.3) is 5.91 Å². The molecular formula is C21H24N2O5. The molecule has 2 N–H and O–H groups in total. The summed E-state index contributed by atoms with van der Waals surface area (Å²) in [5, 5.41) is 5.76. The number of amides is 2. The fraction of sp³-hybridized carbons (Fsp3) is 0.333. The van der Waals surface area contributed by atoms with Crippen LogP contribution in [0.25, 0.3) is 0 Å². The van der Waals surface area contributed by atoms with Crippen LogP contribution in [0.15, 0.2) is 30.3 Å². The van der Waals surface area contributed by atoms with E-state index in [-0.39, 0.29) is 23.7 Å². The average molecular weight is 384 g/mol. The molecule has 1 atom stereocenters. The highest BCUT2D eigenvalue weighted by molar-refractivity contribution is 6.07. The van der Waals surface area contributed by atoms with Crippen LogP contribution >= 0.6 is 0 Å². The van der Waals surface area contributed by atoms with Gasteiger partial charge < -0.3 is 24.8 Å². The van der Waals surface area contributed by atoms with Gasteiger partial charge in [0.05, 0.1) is 27.2 Å². The van der Waals surface area contributed by atoms with E-state index in [2.05, 4.69) is 10.6 Å². The van der Waals surface area contributed by atoms with Crippen molar-refractivity contribution in [2.24, 2.45) is 5.92 Å². The topological polar surface area (TPSA) is 85.9 Å². The Morgan fingerprint density at radius 3 is 2.21 bits per heavy atom. The van der Waals surface area contributed by atoms with Gasteiger partial charge in [0, 0.05) is 16.9 Å². The Morgan fingerprint density at radius 2 is 1.68 bits per heavy atom. The number of hydrogen-bond donors (Lipinski definition) is 2. The van der Waals surface area contributed by atoms with E-state index in [1.165, 1.54) is 21.3 Å². The van der Waals surface area contributed by atoms with E-state index in [0.717, 1.165) is 11.3 Å². The van der Waals surface area contributed by atoms with Crippen molar-refractivity contribution >= 4 is 23.2 Å². The molecule has 1 heterocycles. The second-order valence-corrected chi connectivity index (χ2v) is 6.88. The summed E-state index contributed by atoms with van der Waals surface area (Å²) in [6, 6.07) is 8.59. The largest absolute Gasteiger partial charge is 0.493 e. The monoisotopic (exact) mass is 384 g/mol. The minimum atomic E-state index is -0.322. The van der Waals surface area contributed by atoms with Gasteiger partial charge >= 0.3 is 0 Å². The van der Waals surface area contributed by atoms with E-state index in [9.17, 15) is 9.59 Å². The smallest absolute Gasteiger partial charge is 0.255 e. The molecule has 0 saturated heterocycles. The van der Waals surface area contributed by atoms with Crippen molar-refractivity contribution in [1.29, 1.82) is 0 Å². The van der Waals surface area contributed by atoms with Crippen LogP contribution in [0.2, 0.25) is 0 Å². The first-order valence-corrected chi connectivity index (χ1v) is 8.95. The van der Waals surface area contributed by atoms with Gasteiger partial charge in [0.1, 0.15) is 0 Å². The molecule has 2 aromatic carbocycles. The first kappa shape index (κ1) is 19.5. The molecule has 0 bridgehead atoms. The summed E-state index contributed by atoms with van der Waals surface area (Å²) < 4.78 is 15.9. The summed E-state index contributed by atoms with van der Waals surface area (Å²) in [6.45, 7) is 4.00. The van der Waals surface area contributed by atoms with Crippen molar-refractivity contribution in [1.82, 2.24) is 0 Å². The Balaban J connectivity index is 1.90. The minimum Gasteiger partial charge on any atom is -0.493 e. The van der Waals surface area contributed by atoms with Crippen LogP contribution in [0, 0.1) is 5.92 Å². The zero-order chi connectivity index (χ0) is 20.4. The molecule has 1 unspecified atom stereocenters. The zero-order valence-corrected chi connectivity index (χ0v) is 16.6. The SMILES string of the molecule is COc1cc(C(=O)Nc2ccc3c(c2)C(C(C)C)C(=O)N3)cc(OC)c1OC. The molecule has 0 radical (unpaired) electrons. The fourth-order valence-corrected chi connectivity index (χ4v) is 3.44. The molecule has 0 spiro atoms. The summed E-state index contributed by atoms with van der Waals surface area (Å²) in [6.07, 6.45) is 0. The highest BCUT2D eigenvalue weighted by Gasteiger charge is 2.33. The average Bonchev–Trinajstić information content (AvgIpc) is 3.01. The predicted molar refractivity (Wildman–Crippen MR) is 107 cm³/mol. The van der Waals surface area contributed by atoms with Gasteiger partial charge in [-0.3, -0.25) is 9.59 Å². The molecule has 7 heteroatoms. The Morgan fingerprint density at radius 1 is 1.04 bits per heavy atom. The zero-order valence-electron chi connectivity index (χ0n) is 16.6. The van der Waals surface area contributed by atoms with Crippen molar-refractivity contribution in [3.8, 4) is 17.2 Å². The maximum Gasteiger partial charge on any atom is 0.255 e. The first-order valence-electron chi connectivity index (χ1n) is 8.95. The Bertz CT molecular complexity index is 898. The molecule has 7 nitrogen and oxygen atoms in total. The van der Waals surface area contributed by atoms with Gasteiger partial charge in [-0.1, -0.05) is 13.8 Å². The molecule has 2 amide bonds. The van der Waals surface area contributed by atoms with Crippen molar-refractivity contribution in [2.75, 3.05) is 32.0 Å². The van der Waals surface area contributed by atoms with Crippen molar-refractivity contribution in [3.05, 3.63) is 41.5 Å². The highest BCUT2D eigenvalue weighted by atomic mass is 16.5. The standard InChI is InChI=1S/C21H24N2O5/c1-11(2)18-14-10-13(6-7-15(14)23-21(18)25)22-20(24)12-8-16(26-3)19(28-5)17(9-12)27-4/h6-11,18H,1-5H3,(H,22,24)(H,23,25). The second-order valence-electron chi connectivity index (χ2n) is 6.88. The quantitative estimate of drug-likeness (QED) is 0.794. The number of methoxy groups -OCH3 is 3. The van der Waals surface area contributed by atoms with Gasteiger partial charge in [-0.15, -0.1) is 0 Å². The fourth-order valence-electron chi connectivity index (χ4n) is 3.44. The Kier molecular flexibility index (Phi) is 5.44. The molecule has 1 aliphatic rings. The van der Waals surface area contributed by atoms with E-state index in [0.29, 0.717) is 28.5 Å². The van der Waals surface area contributed by atoms with E-state index < -0.39 is 0 Å². The third kappa shape index (κ3) is 3.47. The number of fused-ring (bicyclic) bond motifs is 1. The third-order valence-electron chi connectivity index (χ3n) is 4.78. The van der Waals surface area contributed by atoms with Gasteiger partial charge in [0.15, 0.2) is 11.5 Å². The summed E-state index contributed by atoms with van der Waals surface area (Å²) in [5.74, 6) is 0.806. The van der Waals surface area contributed by atoms with Gasteiger partial charge in [-0.05, 0) is 41.8 Å². The molecule has 0 aromatic heterocycles. The number of carbonyl (C=O) groups excluding carboxylic acids is 2. The van der Waals surface area contributed by atoms with Crippen LogP contribution in [-0.4, -0.2) is 33.1 Å². The lowest BCUT2D eigenvalue weighted by Gasteiger charge is -2.15. The normalized spacial score (nSPS) is 15.1. The van der Waals surface area contributed by atoms with Crippen LogP contribution < -0.4 is 24.8 Å². The Labute approximate surface area is 164 Å². The number of benzene rings is 2. The van der Waals surface area contributed by atoms with Crippen LogP contribution in [0.4, 0.5) is 11.4 Å². The van der Waals surface area contributed by atoms with E-state index in [1.807, 2.05) is 19.9 Å². The van der Waals surface area contributed by atoms with E-state index in [4.69, 9.17) is 14.2 Å². The molecule has 1 aliphatic heterocycles. The highest BCUT2D eigenvalue weighted by Crippen LogP contribution is 2.40. The van der Waals surface area contributed by atoms with Crippen molar-refractivity contribution < 1.29 is 23.8 Å². The molecule has 28 heavy (non-hydrogen) atoms. The first-order chi connectivity index (χ1) is 13.4.